The Morgan fingerprint density at radius 1 is 1.52 bits per heavy atom. The summed E-state index contributed by atoms with van der Waals surface area (Å²) in [5.74, 6) is -0.927. The van der Waals surface area contributed by atoms with Crippen LogP contribution in [0.15, 0.2) is 24.5 Å². The summed E-state index contributed by atoms with van der Waals surface area (Å²) < 4.78 is 5.45. The molecule has 0 aliphatic carbocycles. The van der Waals surface area contributed by atoms with Crippen molar-refractivity contribution < 1.29 is 19.4 Å². The first-order valence-corrected chi connectivity index (χ1v) is 6.82. The number of hydrogen-bond acceptors (Lipinski definition) is 4. The summed E-state index contributed by atoms with van der Waals surface area (Å²) in [7, 11) is 0. The molecule has 2 unspecified atom stereocenters. The lowest BCUT2D eigenvalue weighted by Gasteiger charge is -2.14. The van der Waals surface area contributed by atoms with E-state index in [1.165, 1.54) is 18.5 Å². The first-order chi connectivity index (χ1) is 10.1. The predicted molar refractivity (Wildman–Crippen MR) is 76.8 cm³/mol. The van der Waals surface area contributed by atoms with Gasteiger partial charge in [-0.2, -0.15) is 0 Å². The van der Waals surface area contributed by atoms with Gasteiger partial charge in [-0.3, -0.25) is 9.78 Å². The Hall–Kier alpha value is -2.21. The van der Waals surface area contributed by atoms with Gasteiger partial charge in [-0.15, -0.1) is 0 Å². The van der Waals surface area contributed by atoms with Gasteiger partial charge in [0.05, 0.1) is 11.7 Å². The van der Waals surface area contributed by atoms with E-state index in [0.29, 0.717) is 23.6 Å². The number of nitrogens with zero attached hydrogens (tertiary/aromatic N) is 1. The molecule has 1 saturated heterocycles. The topological polar surface area (TPSA) is 88.5 Å². The molecule has 0 spiro atoms. The van der Waals surface area contributed by atoms with E-state index in [4.69, 9.17) is 9.84 Å². The van der Waals surface area contributed by atoms with E-state index in [1.807, 2.05) is 6.92 Å². The zero-order valence-electron chi connectivity index (χ0n) is 11.8. The van der Waals surface area contributed by atoms with Crippen molar-refractivity contribution in [2.45, 2.75) is 19.4 Å². The average molecular weight is 290 g/mol. The highest BCUT2D eigenvalue weighted by molar-refractivity contribution is 5.94. The van der Waals surface area contributed by atoms with Crippen LogP contribution in [-0.2, 0) is 9.53 Å². The minimum absolute atomic E-state index is 0.160. The van der Waals surface area contributed by atoms with Crippen LogP contribution >= 0.6 is 0 Å². The molecule has 0 radical (unpaired) electrons. The minimum Gasteiger partial charge on any atom is -0.478 e. The smallest absolute Gasteiger partial charge is 0.328 e. The molecule has 1 aromatic heterocycles. The fourth-order valence-electron chi connectivity index (χ4n) is 2.21. The SMILES string of the molecule is CC1OCCC1CNC(=O)c1cncc(/C=C/C(=O)O)c1. The van der Waals surface area contributed by atoms with Crippen molar-refractivity contribution in [3.8, 4) is 0 Å². The fraction of sp³-hybridized carbons (Fsp3) is 0.400. The molecule has 1 aliphatic heterocycles. The zero-order chi connectivity index (χ0) is 15.2. The average Bonchev–Trinajstić information content (AvgIpc) is 2.88. The highest BCUT2D eigenvalue weighted by Crippen LogP contribution is 2.19. The van der Waals surface area contributed by atoms with Crippen LogP contribution in [0, 0.1) is 5.92 Å². The van der Waals surface area contributed by atoms with Gasteiger partial charge in [0, 0.05) is 37.5 Å². The third kappa shape index (κ3) is 4.39. The van der Waals surface area contributed by atoms with E-state index in [0.717, 1.165) is 19.1 Å². The number of hydrogen-bond donors (Lipinski definition) is 2. The number of aliphatic carboxylic acids is 1. The third-order valence-electron chi connectivity index (χ3n) is 3.50. The molecule has 1 aromatic rings. The molecule has 1 aliphatic rings. The summed E-state index contributed by atoms with van der Waals surface area (Å²) in [6.07, 6.45) is 6.48. The van der Waals surface area contributed by atoms with Crippen LogP contribution in [0.3, 0.4) is 0 Å². The summed E-state index contributed by atoms with van der Waals surface area (Å²) in [6, 6.07) is 1.61. The van der Waals surface area contributed by atoms with Gasteiger partial charge < -0.3 is 15.2 Å². The van der Waals surface area contributed by atoms with Gasteiger partial charge in [-0.25, -0.2) is 4.79 Å². The van der Waals surface area contributed by atoms with E-state index in [2.05, 4.69) is 10.3 Å². The molecule has 6 heteroatoms. The number of amides is 1. The molecule has 1 fully saturated rings. The molecule has 112 valence electrons. The van der Waals surface area contributed by atoms with Crippen LogP contribution < -0.4 is 5.32 Å². The van der Waals surface area contributed by atoms with Crippen molar-refractivity contribution in [2.75, 3.05) is 13.2 Å². The van der Waals surface area contributed by atoms with Crippen LogP contribution in [-0.4, -0.2) is 41.2 Å². The van der Waals surface area contributed by atoms with E-state index in [-0.39, 0.29) is 12.0 Å². The zero-order valence-corrected chi connectivity index (χ0v) is 11.8. The number of carbonyl (C=O) groups excluding carboxylic acids is 1. The number of nitrogens with one attached hydrogen (secondary N) is 1. The van der Waals surface area contributed by atoms with Crippen molar-refractivity contribution in [3.05, 3.63) is 35.7 Å². The first-order valence-electron chi connectivity index (χ1n) is 6.82. The first kappa shape index (κ1) is 15.2. The van der Waals surface area contributed by atoms with Gasteiger partial charge in [0.2, 0.25) is 0 Å². The number of aromatic nitrogens is 1. The third-order valence-corrected chi connectivity index (χ3v) is 3.50. The standard InChI is InChI=1S/C15H18N2O4/c1-10-12(4-5-21-10)9-17-15(20)13-6-11(7-16-8-13)2-3-14(18)19/h2-3,6-8,10,12H,4-5,9H2,1H3,(H,17,20)(H,18,19)/b3-2+. The predicted octanol–water partition coefficient (Wildman–Crippen LogP) is 1.33. The highest BCUT2D eigenvalue weighted by atomic mass is 16.5. The maximum Gasteiger partial charge on any atom is 0.328 e. The summed E-state index contributed by atoms with van der Waals surface area (Å²) >= 11 is 0. The molecule has 6 nitrogen and oxygen atoms in total. The molecule has 21 heavy (non-hydrogen) atoms. The molecule has 2 atom stereocenters. The Bertz CT molecular complexity index is 556. The number of carboxylic acid groups (broad SMARTS) is 1. The Morgan fingerprint density at radius 2 is 2.33 bits per heavy atom. The van der Waals surface area contributed by atoms with Gasteiger partial charge in [-0.05, 0) is 31.1 Å². The minimum atomic E-state index is -1.04. The number of carboxylic acids is 1. The largest absolute Gasteiger partial charge is 0.478 e. The van der Waals surface area contributed by atoms with Gasteiger partial charge >= 0.3 is 5.97 Å². The van der Waals surface area contributed by atoms with Crippen LogP contribution in [0.1, 0.15) is 29.3 Å². The maximum atomic E-state index is 12.1. The molecule has 1 amide bonds. The summed E-state index contributed by atoms with van der Waals surface area (Å²) in [4.78, 5) is 26.5. The van der Waals surface area contributed by atoms with Crippen molar-refractivity contribution in [2.24, 2.45) is 5.92 Å². The summed E-state index contributed by atoms with van der Waals surface area (Å²) in [5.41, 5.74) is 0.983. The highest BCUT2D eigenvalue weighted by Gasteiger charge is 2.24. The van der Waals surface area contributed by atoms with Crippen LogP contribution in [0.4, 0.5) is 0 Å². The lowest BCUT2D eigenvalue weighted by atomic mass is 10.0. The lowest BCUT2D eigenvalue weighted by Crippen LogP contribution is -2.32. The number of ether oxygens (including phenoxy) is 1. The van der Waals surface area contributed by atoms with Gasteiger partial charge in [0.1, 0.15) is 0 Å². The van der Waals surface area contributed by atoms with Crippen LogP contribution in [0.5, 0.6) is 0 Å². The Kier molecular flexibility index (Phi) is 5.05. The quantitative estimate of drug-likeness (QED) is 0.799. The second-order valence-corrected chi connectivity index (χ2v) is 5.01. The van der Waals surface area contributed by atoms with Gasteiger partial charge in [-0.1, -0.05) is 0 Å². The number of rotatable bonds is 5. The van der Waals surface area contributed by atoms with E-state index < -0.39 is 5.97 Å². The molecule has 0 bridgehead atoms. The Balaban J connectivity index is 1.95. The van der Waals surface area contributed by atoms with Crippen molar-refractivity contribution in [3.63, 3.8) is 0 Å². The Morgan fingerprint density at radius 3 is 3.00 bits per heavy atom. The molecular weight excluding hydrogens is 272 g/mol. The summed E-state index contributed by atoms with van der Waals surface area (Å²) in [5, 5.41) is 11.4. The fourth-order valence-corrected chi connectivity index (χ4v) is 2.21. The molecule has 2 heterocycles. The molecule has 2 N–H and O–H groups in total. The van der Waals surface area contributed by atoms with Crippen LogP contribution in [0.25, 0.3) is 6.08 Å². The van der Waals surface area contributed by atoms with Gasteiger partial charge in [0.25, 0.3) is 5.91 Å². The van der Waals surface area contributed by atoms with Gasteiger partial charge in [0.15, 0.2) is 0 Å². The van der Waals surface area contributed by atoms with E-state index >= 15 is 0 Å². The molecule has 2 rings (SSSR count). The normalized spacial score (nSPS) is 21.6. The molecule has 0 aromatic carbocycles. The second kappa shape index (κ2) is 6.99. The van der Waals surface area contributed by atoms with Crippen molar-refractivity contribution >= 4 is 18.0 Å². The van der Waals surface area contributed by atoms with Crippen molar-refractivity contribution in [1.82, 2.24) is 10.3 Å². The maximum absolute atomic E-state index is 12.1. The van der Waals surface area contributed by atoms with E-state index in [9.17, 15) is 9.59 Å². The van der Waals surface area contributed by atoms with Crippen molar-refractivity contribution in [1.29, 1.82) is 0 Å². The number of pyridine rings is 1. The molecule has 0 saturated carbocycles. The monoisotopic (exact) mass is 290 g/mol. The van der Waals surface area contributed by atoms with E-state index in [1.54, 1.807) is 6.07 Å². The second-order valence-electron chi connectivity index (χ2n) is 5.01. The molecular formula is C15H18N2O4. The Labute approximate surface area is 122 Å². The van der Waals surface area contributed by atoms with Crippen LogP contribution in [0.2, 0.25) is 0 Å². The summed E-state index contributed by atoms with van der Waals surface area (Å²) in [6.45, 7) is 3.30. The number of carbonyl (C=O) groups is 2. The lowest BCUT2D eigenvalue weighted by molar-refractivity contribution is -0.131.